The van der Waals surface area contributed by atoms with Crippen molar-refractivity contribution in [3.8, 4) is 0 Å². The van der Waals surface area contributed by atoms with Crippen LogP contribution in [0.3, 0.4) is 0 Å². The average molecular weight is 289 g/mol. The Bertz CT molecular complexity index is 651. The van der Waals surface area contributed by atoms with Crippen molar-refractivity contribution >= 4 is 11.1 Å². The largest absolute Gasteiger partial charge is 0.421 e. The van der Waals surface area contributed by atoms with Crippen molar-refractivity contribution in [3.05, 3.63) is 34.8 Å². The third-order valence-electron chi connectivity index (χ3n) is 4.00. The van der Waals surface area contributed by atoms with Crippen LogP contribution in [0.15, 0.2) is 33.5 Å². The van der Waals surface area contributed by atoms with Gasteiger partial charge in [0.2, 0.25) is 0 Å². The molecule has 0 atom stereocenters. The second kappa shape index (κ2) is 6.03. The number of oxazole rings is 1. The number of para-hydroxylation sites is 2. The lowest BCUT2D eigenvalue weighted by molar-refractivity contribution is 0.0985. The Morgan fingerprint density at radius 3 is 2.48 bits per heavy atom. The number of fused-ring (bicyclic) bond motifs is 1. The summed E-state index contributed by atoms with van der Waals surface area (Å²) < 4.78 is 7.01. The lowest BCUT2D eigenvalue weighted by Crippen LogP contribution is -2.48. The van der Waals surface area contributed by atoms with E-state index >= 15 is 0 Å². The summed E-state index contributed by atoms with van der Waals surface area (Å²) in [5.74, 6) is 0.442. The SMILES string of the molecule is CC(C)CN1CCN(Cn2c(=O)oc3ccccc32)CC1. The number of aromatic nitrogens is 1. The molecule has 0 amide bonds. The maximum Gasteiger partial charge on any atom is 0.421 e. The Kier molecular flexibility index (Phi) is 4.12. The molecule has 1 saturated heterocycles. The fourth-order valence-electron chi connectivity index (χ4n) is 2.98. The van der Waals surface area contributed by atoms with Crippen molar-refractivity contribution in [1.82, 2.24) is 14.4 Å². The number of hydrogen-bond donors (Lipinski definition) is 0. The molecule has 114 valence electrons. The van der Waals surface area contributed by atoms with E-state index in [1.165, 1.54) is 0 Å². The summed E-state index contributed by atoms with van der Waals surface area (Å²) in [7, 11) is 0. The molecule has 0 unspecified atom stereocenters. The van der Waals surface area contributed by atoms with Gasteiger partial charge >= 0.3 is 5.76 Å². The fourth-order valence-corrected chi connectivity index (χ4v) is 2.98. The van der Waals surface area contributed by atoms with Crippen molar-refractivity contribution in [3.63, 3.8) is 0 Å². The first-order chi connectivity index (χ1) is 10.1. The minimum atomic E-state index is -0.263. The molecule has 0 N–H and O–H groups in total. The van der Waals surface area contributed by atoms with E-state index in [9.17, 15) is 4.79 Å². The molecule has 1 fully saturated rings. The minimum absolute atomic E-state index is 0.263. The van der Waals surface area contributed by atoms with E-state index in [1.54, 1.807) is 4.57 Å². The summed E-state index contributed by atoms with van der Waals surface area (Å²) in [6.07, 6.45) is 0. The molecule has 21 heavy (non-hydrogen) atoms. The number of hydrogen-bond acceptors (Lipinski definition) is 4. The lowest BCUT2D eigenvalue weighted by Gasteiger charge is -2.35. The van der Waals surface area contributed by atoms with Gasteiger partial charge in [-0.05, 0) is 18.1 Å². The minimum Gasteiger partial charge on any atom is -0.408 e. The monoisotopic (exact) mass is 289 g/mol. The van der Waals surface area contributed by atoms with Crippen LogP contribution in [0.1, 0.15) is 13.8 Å². The van der Waals surface area contributed by atoms with E-state index in [0.29, 0.717) is 18.2 Å². The second-order valence-electron chi connectivity index (χ2n) is 6.22. The Morgan fingerprint density at radius 2 is 1.76 bits per heavy atom. The lowest BCUT2D eigenvalue weighted by atomic mass is 10.2. The number of rotatable bonds is 4. The predicted molar refractivity (Wildman–Crippen MR) is 83.3 cm³/mol. The molecule has 2 heterocycles. The van der Waals surface area contributed by atoms with Crippen LogP contribution in [0.25, 0.3) is 11.1 Å². The van der Waals surface area contributed by atoms with Crippen LogP contribution < -0.4 is 5.76 Å². The van der Waals surface area contributed by atoms with Gasteiger partial charge in [-0.15, -0.1) is 0 Å². The fraction of sp³-hybridized carbons (Fsp3) is 0.562. The molecule has 1 aliphatic heterocycles. The average Bonchev–Trinajstić information content (AvgIpc) is 2.77. The highest BCUT2D eigenvalue weighted by atomic mass is 16.4. The summed E-state index contributed by atoms with van der Waals surface area (Å²) in [6, 6.07) is 7.61. The third-order valence-corrected chi connectivity index (χ3v) is 4.00. The van der Waals surface area contributed by atoms with Gasteiger partial charge in [-0.25, -0.2) is 4.79 Å². The molecule has 0 aliphatic carbocycles. The van der Waals surface area contributed by atoms with Gasteiger partial charge in [0, 0.05) is 32.7 Å². The quantitative estimate of drug-likeness (QED) is 0.861. The number of benzene rings is 1. The van der Waals surface area contributed by atoms with Crippen LogP contribution in [0.4, 0.5) is 0 Å². The van der Waals surface area contributed by atoms with Crippen molar-refractivity contribution < 1.29 is 4.42 Å². The van der Waals surface area contributed by atoms with Crippen LogP contribution in [0, 0.1) is 5.92 Å². The van der Waals surface area contributed by atoms with Crippen LogP contribution in [-0.4, -0.2) is 47.1 Å². The molecule has 0 spiro atoms. The Labute approximate surface area is 124 Å². The van der Waals surface area contributed by atoms with Crippen LogP contribution in [-0.2, 0) is 6.67 Å². The molecular weight excluding hydrogens is 266 g/mol. The first-order valence-corrected chi connectivity index (χ1v) is 7.66. The van der Waals surface area contributed by atoms with Gasteiger partial charge in [-0.1, -0.05) is 26.0 Å². The zero-order chi connectivity index (χ0) is 14.8. The highest BCUT2D eigenvalue weighted by Gasteiger charge is 2.19. The smallest absolute Gasteiger partial charge is 0.408 e. The summed E-state index contributed by atoms with van der Waals surface area (Å²) >= 11 is 0. The standard InChI is InChI=1S/C16H23N3O2/c1-13(2)11-17-7-9-18(10-8-17)12-19-14-5-3-4-6-15(14)21-16(19)20/h3-6,13H,7-12H2,1-2H3. The summed E-state index contributed by atoms with van der Waals surface area (Å²) in [4.78, 5) is 16.8. The Balaban J connectivity index is 1.67. The van der Waals surface area contributed by atoms with Gasteiger partial charge in [0.15, 0.2) is 5.58 Å². The van der Waals surface area contributed by atoms with E-state index in [2.05, 4.69) is 23.6 Å². The van der Waals surface area contributed by atoms with Gasteiger partial charge in [-0.3, -0.25) is 9.47 Å². The summed E-state index contributed by atoms with van der Waals surface area (Å²) in [5.41, 5.74) is 1.55. The maximum absolute atomic E-state index is 12.0. The van der Waals surface area contributed by atoms with Gasteiger partial charge in [0.1, 0.15) is 0 Å². The van der Waals surface area contributed by atoms with E-state index in [4.69, 9.17) is 4.42 Å². The topological polar surface area (TPSA) is 41.6 Å². The van der Waals surface area contributed by atoms with Crippen LogP contribution in [0.2, 0.25) is 0 Å². The van der Waals surface area contributed by atoms with Crippen molar-refractivity contribution in [1.29, 1.82) is 0 Å². The Hall–Kier alpha value is -1.59. The molecule has 0 radical (unpaired) electrons. The maximum atomic E-state index is 12.0. The highest BCUT2D eigenvalue weighted by molar-refractivity contribution is 5.72. The first kappa shape index (κ1) is 14.4. The normalized spacial score (nSPS) is 17.9. The highest BCUT2D eigenvalue weighted by Crippen LogP contribution is 2.13. The number of nitrogens with zero attached hydrogens (tertiary/aromatic N) is 3. The van der Waals surface area contributed by atoms with Crippen LogP contribution in [0.5, 0.6) is 0 Å². The second-order valence-corrected chi connectivity index (χ2v) is 6.22. The van der Waals surface area contributed by atoms with Crippen LogP contribution >= 0.6 is 0 Å². The van der Waals surface area contributed by atoms with Crippen molar-refractivity contribution in [2.45, 2.75) is 20.5 Å². The molecule has 5 nitrogen and oxygen atoms in total. The van der Waals surface area contributed by atoms with Gasteiger partial charge in [-0.2, -0.15) is 0 Å². The van der Waals surface area contributed by atoms with E-state index in [1.807, 2.05) is 24.3 Å². The van der Waals surface area contributed by atoms with Gasteiger partial charge < -0.3 is 9.32 Å². The van der Waals surface area contributed by atoms with Gasteiger partial charge in [0.05, 0.1) is 12.2 Å². The summed E-state index contributed by atoms with van der Waals surface area (Å²) in [6.45, 7) is 10.4. The third kappa shape index (κ3) is 3.19. The molecule has 2 aromatic rings. The molecule has 0 bridgehead atoms. The van der Waals surface area contributed by atoms with E-state index in [0.717, 1.165) is 38.2 Å². The zero-order valence-corrected chi connectivity index (χ0v) is 12.8. The van der Waals surface area contributed by atoms with Crippen molar-refractivity contribution in [2.75, 3.05) is 32.7 Å². The molecule has 5 heteroatoms. The van der Waals surface area contributed by atoms with E-state index < -0.39 is 0 Å². The predicted octanol–water partition coefficient (Wildman–Crippen LogP) is 1.83. The van der Waals surface area contributed by atoms with E-state index in [-0.39, 0.29) is 5.76 Å². The zero-order valence-electron chi connectivity index (χ0n) is 12.8. The number of piperazine rings is 1. The molecule has 3 rings (SSSR count). The summed E-state index contributed by atoms with van der Waals surface area (Å²) in [5, 5.41) is 0. The van der Waals surface area contributed by atoms with Crippen molar-refractivity contribution in [2.24, 2.45) is 5.92 Å². The van der Waals surface area contributed by atoms with Gasteiger partial charge in [0.25, 0.3) is 0 Å². The molecule has 1 aromatic heterocycles. The first-order valence-electron chi connectivity index (χ1n) is 7.66. The molecular formula is C16H23N3O2. The Morgan fingerprint density at radius 1 is 1.10 bits per heavy atom. The molecule has 1 aromatic carbocycles. The molecule has 0 saturated carbocycles. The molecule has 1 aliphatic rings.